The number of carboxylic acid groups (broad SMARTS) is 1. The number of likely N-dealkylation sites (tertiary alicyclic amines) is 1. The summed E-state index contributed by atoms with van der Waals surface area (Å²) in [5.74, 6) is -1.55. The number of aromatic nitrogens is 2. The van der Waals surface area contributed by atoms with Gasteiger partial charge in [-0.25, -0.2) is 4.79 Å². The maximum Gasteiger partial charge on any atom is 0.325 e. The van der Waals surface area contributed by atoms with Crippen LogP contribution in [0.3, 0.4) is 0 Å². The van der Waals surface area contributed by atoms with E-state index in [1.807, 2.05) is 0 Å². The normalized spacial score (nSPS) is 20.7. The van der Waals surface area contributed by atoms with E-state index in [2.05, 4.69) is 10.4 Å². The number of amides is 4. The Morgan fingerprint density at radius 1 is 1.32 bits per heavy atom. The van der Waals surface area contributed by atoms with E-state index in [9.17, 15) is 19.2 Å². The first-order valence-corrected chi connectivity index (χ1v) is 8.04. The van der Waals surface area contributed by atoms with Gasteiger partial charge in [-0.1, -0.05) is 0 Å². The Kier molecular flexibility index (Phi) is 4.68. The average molecular weight is 349 g/mol. The van der Waals surface area contributed by atoms with E-state index in [-0.39, 0.29) is 31.5 Å². The number of imide groups is 1. The third-order valence-electron chi connectivity index (χ3n) is 4.35. The number of carboxylic acids is 1. The topological polar surface area (TPSA) is 125 Å². The van der Waals surface area contributed by atoms with E-state index in [0.29, 0.717) is 13.1 Å². The minimum absolute atomic E-state index is 0.0294. The summed E-state index contributed by atoms with van der Waals surface area (Å²) in [6.45, 7) is 0.632. The van der Waals surface area contributed by atoms with Crippen LogP contribution in [0.2, 0.25) is 0 Å². The van der Waals surface area contributed by atoms with Gasteiger partial charge in [0.05, 0.1) is 5.69 Å². The molecule has 4 amide bonds. The number of aliphatic carboxylic acids is 1. The Morgan fingerprint density at radius 2 is 2.12 bits per heavy atom. The van der Waals surface area contributed by atoms with Crippen LogP contribution in [0.25, 0.3) is 0 Å². The van der Waals surface area contributed by atoms with Crippen molar-refractivity contribution in [2.45, 2.75) is 25.3 Å². The highest BCUT2D eigenvalue weighted by Crippen LogP contribution is 2.25. The lowest BCUT2D eigenvalue weighted by Crippen LogP contribution is -2.45. The molecule has 0 spiro atoms. The molecule has 2 saturated heterocycles. The number of rotatable bonds is 5. The first-order chi connectivity index (χ1) is 11.9. The molecule has 0 aliphatic carbocycles. The van der Waals surface area contributed by atoms with E-state index < -0.39 is 17.9 Å². The molecule has 1 atom stereocenters. The number of nitrogens with zero attached hydrogens (tertiary/aromatic N) is 4. The fraction of sp³-hybridized carbons (Fsp3) is 0.533. The van der Waals surface area contributed by atoms with Crippen LogP contribution in [0.1, 0.15) is 24.5 Å². The maximum atomic E-state index is 12.4. The average Bonchev–Trinajstić information content (AvgIpc) is 3.13. The minimum Gasteiger partial charge on any atom is -0.480 e. The second-order valence-electron chi connectivity index (χ2n) is 6.22. The molecule has 0 bridgehead atoms. The molecule has 1 aromatic heterocycles. The van der Waals surface area contributed by atoms with Crippen LogP contribution in [0.5, 0.6) is 0 Å². The Bertz CT molecular complexity index is 715. The van der Waals surface area contributed by atoms with Gasteiger partial charge >= 0.3 is 12.0 Å². The molecule has 134 valence electrons. The van der Waals surface area contributed by atoms with Crippen molar-refractivity contribution in [1.82, 2.24) is 24.9 Å². The maximum absolute atomic E-state index is 12.4. The number of hydrogen-bond acceptors (Lipinski definition) is 5. The summed E-state index contributed by atoms with van der Waals surface area (Å²) in [5, 5.41) is 15.2. The molecule has 2 aliphatic rings. The van der Waals surface area contributed by atoms with E-state index in [1.54, 1.807) is 17.2 Å². The molecule has 3 rings (SSSR count). The van der Waals surface area contributed by atoms with Gasteiger partial charge in [0, 0.05) is 25.2 Å². The Morgan fingerprint density at radius 3 is 2.80 bits per heavy atom. The molecule has 0 radical (unpaired) electrons. The Balaban J connectivity index is 1.59. The van der Waals surface area contributed by atoms with Crippen molar-refractivity contribution in [3.8, 4) is 0 Å². The zero-order chi connectivity index (χ0) is 18.0. The van der Waals surface area contributed by atoms with Gasteiger partial charge in [-0.05, 0) is 18.9 Å². The summed E-state index contributed by atoms with van der Waals surface area (Å²) in [7, 11) is 0. The molecule has 10 heteroatoms. The molecule has 0 aromatic carbocycles. The molecule has 25 heavy (non-hydrogen) atoms. The highest BCUT2D eigenvalue weighted by molar-refractivity contribution is 6.03. The van der Waals surface area contributed by atoms with Gasteiger partial charge in [-0.2, -0.15) is 5.10 Å². The molecule has 3 heterocycles. The zero-order valence-corrected chi connectivity index (χ0v) is 13.6. The van der Waals surface area contributed by atoms with Gasteiger partial charge in [0.1, 0.15) is 19.6 Å². The predicted octanol–water partition coefficient (Wildman–Crippen LogP) is -0.774. The molecule has 10 nitrogen and oxygen atoms in total. The lowest BCUT2D eigenvalue weighted by atomic mass is 9.95. The van der Waals surface area contributed by atoms with E-state index in [1.165, 1.54) is 9.58 Å². The highest BCUT2D eigenvalue weighted by Gasteiger charge is 2.32. The van der Waals surface area contributed by atoms with Crippen molar-refractivity contribution in [2.24, 2.45) is 0 Å². The van der Waals surface area contributed by atoms with Gasteiger partial charge in [-0.3, -0.25) is 24.4 Å². The summed E-state index contributed by atoms with van der Waals surface area (Å²) >= 11 is 0. The van der Waals surface area contributed by atoms with Crippen LogP contribution < -0.4 is 5.32 Å². The predicted molar refractivity (Wildman–Crippen MR) is 83.5 cm³/mol. The number of carbonyl (C=O) groups is 4. The van der Waals surface area contributed by atoms with Crippen molar-refractivity contribution in [3.05, 3.63) is 18.0 Å². The number of hydrogen-bond donors (Lipinski definition) is 2. The lowest BCUT2D eigenvalue weighted by Gasteiger charge is -2.32. The van der Waals surface area contributed by atoms with Crippen molar-refractivity contribution in [3.63, 3.8) is 0 Å². The minimum atomic E-state index is -0.964. The van der Waals surface area contributed by atoms with Gasteiger partial charge < -0.3 is 14.9 Å². The van der Waals surface area contributed by atoms with E-state index >= 15 is 0 Å². The molecule has 2 fully saturated rings. The lowest BCUT2D eigenvalue weighted by molar-refractivity contribution is -0.138. The van der Waals surface area contributed by atoms with Gasteiger partial charge in [0.25, 0.3) is 0 Å². The van der Waals surface area contributed by atoms with Crippen LogP contribution in [0.15, 0.2) is 12.3 Å². The highest BCUT2D eigenvalue weighted by atomic mass is 16.4. The first-order valence-electron chi connectivity index (χ1n) is 8.04. The van der Waals surface area contributed by atoms with Gasteiger partial charge in [0.2, 0.25) is 11.8 Å². The summed E-state index contributed by atoms with van der Waals surface area (Å²) in [5.41, 5.74) is 0.757. The zero-order valence-electron chi connectivity index (χ0n) is 13.6. The van der Waals surface area contributed by atoms with Gasteiger partial charge in [-0.15, -0.1) is 0 Å². The van der Waals surface area contributed by atoms with Crippen molar-refractivity contribution in [1.29, 1.82) is 0 Å². The molecular formula is C15H19N5O5. The van der Waals surface area contributed by atoms with Crippen LogP contribution in [0, 0.1) is 0 Å². The first kappa shape index (κ1) is 16.9. The SMILES string of the molecule is O=C(O)Cn1ccc(C2CCCN(C(=O)CN3CC(=O)NC3=O)C2)n1. The van der Waals surface area contributed by atoms with Gasteiger partial charge in [0.15, 0.2) is 0 Å². The summed E-state index contributed by atoms with van der Waals surface area (Å²) in [4.78, 5) is 48.7. The number of piperidine rings is 1. The smallest absolute Gasteiger partial charge is 0.325 e. The van der Waals surface area contributed by atoms with Crippen molar-refractivity contribution >= 4 is 23.8 Å². The fourth-order valence-electron chi connectivity index (χ4n) is 3.14. The molecular weight excluding hydrogens is 330 g/mol. The van der Waals surface area contributed by atoms with E-state index in [0.717, 1.165) is 18.5 Å². The summed E-state index contributed by atoms with van der Waals surface area (Å²) in [6.07, 6.45) is 3.27. The third-order valence-corrected chi connectivity index (χ3v) is 4.35. The van der Waals surface area contributed by atoms with E-state index in [4.69, 9.17) is 5.11 Å². The van der Waals surface area contributed by atoms with Crippen LogP contribution in [-0.4, -0.2) is 74.7 Å². The standard InChI is InChI=1S/C15H19N5O5/c21-12-7-19(15(25)16-12)8-13(22)18-4-1-2-10(6-18)11-3-5-20(17-11)9-14(23)24/h3,5,10H,1-2,4,6-9H2,(H,23,24)(H,16,21,25). The Hall–Kier alpha value is -2.91. The Labute approximate surface area is 143 Å². The largest absolute Gasteiger partial charge is 0.480 e. The monoisotopic (exact) mass is 349 g/mol. The number of nitrogens with one attached hydrogen (secondary N) is 1. The molecule has 0 saturated carbocycles. The number of urea groups is 1. The molecule has 1 unspecified atom stereocenters. The van der Waals surface area contributed by atoms with Crippen LogP contribution in [-0.2, 0) is 20.9 Å². The molecule has 1 aromatic rings. The quantitative estimate of drug-likeness (QED) is 0.672. The second kappa shape index (κ2) is 6.91. The second-order valence-corrected chi connectivity index (χ2v) is 6.22. The number of carbonyl (C=O) groups excluding carboxylic acids is 3. The molecule has 2 N–H and O–H groups in total. The van der Waals surface area contributed by atoms with Crippen LogP contribution >= 0.6 is 0 Å². The van der Waals surface area contributed by atoms with Crippen LogP contribution in [0.4, 0.5) is 4.79 Å². The molecule has 2 aliphatic heterocycles. The third kappa shape index (κ3) is 3.95. The van der Waals surface area contributed by atoms with Crippen molar-refractivity contribution in [2.75, 3.05) is 26.2 Å². The summed E-state index contributed by atoms with van der Waals surface area (Å²) < 4.78 is 1.36. The van der Waals surface area contributed by atoms with Crippen molar-refractivity contribution < 1.29 is 24.3 Å². The fourth-order valence-corrected chi connectivity index (χ4v) is 3.14. The summed E-state index contributed by atoms with van der Waals surface area (Å²) in [6, 6.07) is 1.23.